The third-order valence-electron chi connectivity index (χ3n) is 3.77. The second kappa shape index (κ2) is 6.79. The number of ether oxygens (including phenoxy) is 1. The molecule has 0 radical (unpaired) electrons. The Morgan fingerprint density at radius 3 is 2.57 bits per heavy atom. The molecule has 2 heterocycles. The molecule has 6 heteroatoms. The highest BCUT2D eigenvalue weighted by atomic mass is 35.5. The van der Waals surface area contributed by atoms with Crippen molar-refractivity contribution in [1.82, 2.24) is 19.3 Å². The molecule has 0 fully saturated rings. The molecule has 2 rings (SSSR count). The number of aryl methyl sites for hydroxylation is 2. The van der Waals surface area contributed by atoms with Crippen LogP contribution in [0, 0.1) is 6.92 Å². The van der Waals surface area contributed by atoms with Crippen LogP contribution >= 0.6 is 11.6 Å². The molecule has 0 aromatic carbocycles. The Bertz CT molecular complexity index is 596. The zero-order valence-electron chi connectivity index (χ0n) is 13.6. The maximum Gasteiger partial charge on any atom is 0.159 e. The number of hydrogen-bond acceptors (Lipinski definition) is 3. The lowest BCUT2D eigenvalue weighted by Gasteiger charge is -2.21. The molecule has 2 aromatic rings. The first-order valence-electron chi connectivity index (χ1n) is 7.63. The molecule has 0 amide bonds. The van der Waals surface area contributed by atoms with E-state index in [2.05, 4.69) is 23.5 Å². The van der Waals surface area contributed by atoms with Gasteiger partial charge in [-0.3, -0.25) is 0 Å². The van der Waals surface area contributed by atoms with Gasteiger partial charge in [0.05, 0.1) is 23.7 Å². The topological polar surface area (TPSA) is 44.9 Å². The van der Waals surface area contributed by atoms with Crippen molar-refractivity contribution in [2.45, 2.75) is 58.5 Å². The summed E-state index contributed by atoms with van der Waals surface area (Å²) in [5.41, 5.74) is 2.97. The molecule has 0 saturated carbocycles. The minimum atomic E-state index is -0.140. The fourth-order valence-electron chi connectivity index (χ4n) is 2.88. The van der Waals surface area contributed by atoms with Crippen molar-refractivity contribution >= 4 is 22.8 Å². The first kappa shape index (κ1) is 16.3. The van der Waals surface area contributed by atoms with E-state index in [1.54, 1.807) is 7.11 Å². The third kappa shape index (κ3) is 2.94. The summed E-state index contributed by atoms with van der Waals surface area (Å²) in [5, 5.41) is 4.44. The van der Waals surface area contributed by atoms with Crippen molar-refractivity contribution in [2.24, 2.45) is 0 Å². The van der Waals surface area contributed by atoms with Crippen LogP contribution in [0.15, 0.2) is 0 Å². The van der Waals surface area contributed by atoms with Gasteiger partial charge in [-0.2, -0.15) is 5.10 Å². The van der Waals surface area contributed by atoms with E-state index in [4.69, 9.17) is 21.3 Å². The van der Waals surface area contributed by atoms with Crippen LogP contribution in [0.3, 0.4) is 0 Å². The summed E-state index contributed by atoms with van der Waals surface area (Å²) in [5.74, 6) is 0.907. The molecule has 2 atom stereocenters. The number of alkyl halides is 1. The van der Waals surface area contributed by atoms with Crippen LogP contribution in [0.2, 0.25) is 0 Å². The van der Waals surface area contributed by atoms with E-state index in [1.807, 2.05) is 18.5 Å². The zero-order valence-corrected chi connectivity index (χ0v) is 14.3. The Balaban J connectivity index is 2.68. The molecule has 0 spiro atoms. The van der Waals surface area contributed by atoms with Crippen LogP contribution < -0.4 is 0 Å². The maximum absolute atomic E-state index is 6.38. The molecular formula is C15H25ClN4O. The smallest absolute Gasteiger partial charge is 0.159 e. The molecule has 2 unspecified atom stereocenters. The molecule has 118 valence electrons. The average Bonchev–Trinajstić information content (AvgIpc) is 2.97. The van der Waals surface area contributed by atoms with Crippen LogP contribution in [-0.2, 0) is 11.3 Å². The highest BCUT2D eigenvalue weighted by molar-refractivity contribution is 6.20. The number of rotatable bonds is 7. The SMILES string of the molecule is CCCC(COC)n1c(C(C)Cl)nc2c(C)nn(CC)c21. The number of halogens is 1. The van der Waals surface area contributed by atoms with Gasteiger partial charge in [0.2, 0.25) is 0 Å². The van der Waals surface area contributed by atoms with E-state index < -0.39 is 0 Å². The number of imidazole rings is 1. The van der Waals surface area contributed by atoms with Gasteiger partial charge in [-0.15, -0.1) is 11.6 Å². The fourth-order valence-corrected chi connectivity index (χ4v) is 3.03. The summed E-state index contributed by atoms with van der Waals surface area (Å²) in [6.07, 6.45) is 2.12. The van der Waals surface area contributed by atoms with Gasteiger partial charge >= 0.3 is 0 Å². The number of fused-ring (bicyclic) bond motifs is 1. The van der Waals surface area contributed by atoms with E-state index in [0.717, 1.165) is 42.1 Å². The Morgan fingerprint density at radius 2 is 2.05 bits per heavy atom. The Hall–Kier alpha value is -1.07. The quantitative estimate of drug-likeness (QED) is 0.729. The number of hydrogen-bond donors (Lipinski definition) is 0. The third-order valence-corrected chi connectivity index (χ3v) is 3.97. The summed E-state index contributed by atoms with van der Waals surface area (Å²) in [6.45, 7) is 9.72. The number of aromatic nitrogens is 4. The van der Waals surface area contributed by atoms with Crippen LogP contribution in [0.1, 0.15) is 56.6 Å². The predicted molar refractivity (Wildman–Crippen MR) is 86.0 cm³/mol. The van der Waals surface area contributed by atoms with Crippen molar-refractivity contribution in [3.8, 4) is 0 Å². The molecule has 0 aliphatic heterocycles. The predicted octanol–water partition coefficient (Wildman–Crippen LogP) is 3.85. The van der Waals surface area contributed by atoms with E-state index in [1.165, 1.54) is 0 Å². The molecule has 0 N–H and O–H groups in total. The number of nitrogens with zero attached hydrogens (tertiary/aromatic N) is 4. The highest BCUT2D eigenvalue weighted by Crippen LogP contribution is 2.31. The minimum Gasteiger partial charge on any atom is -0.383 e. The Labute approximate surface area is 131 Å². The van der Waals surface area contributed by atoms with Crippen molar-refractivity contribution in [1.29, 1.82) is 0 Å². The first-order valence-corrected chi connectivity index (χ1v) is 8.06. The molecule has 0 aliphatic rings. The summed E-state index contributed by atoms with van der Waals surface area (Å²) in [7, 11) is 1.74. The molecular weight excluding hydrogens is 288 g/mol. The average molecular weight is 313 g/mol. The van der Waals surface area contributed by atoms with Gasteiger partial charge in [0.25, 0.3) is 0 Å². The first-order chi connectivity index (χ1) is 10.0. The van der Waals surface area contributed by atoms with Crippen molar-refractivity contribution in [3.05, 3.63) is 11.5 Å². The van der Waals surface area contributed by atoms with Gasteiger partial charge in [0.15, 0.2) is 5.65 Å². The monoisotopic (exact) mass is 312 g/mol. The minimum absolute atomic E-state index is 0.140. The molecule has 2 aromatic heterocycles. The number of methoxy groups -OCH3 is 1. The molecule has 0 saturated heterocycles. The fraction of sp³-hybridized carbons (Fsp3) is 0.733. The molecule has 0 aliphatic carbocycles. The molecule has 21 heavy (non-hydrogen) atoms. The van der Waals surface area contributed by atoms with Crippen LogP contribution in [0.25, 0.3) is 11.2 Å². The van der Waals surface area contributed by atoms with Gasteiger partial charge in [-0.25, -0.2) is 9.67 Å². The lowest BCUT2D eigenvalue weighted by atomic mass is 10.1. The second-order valence-corrected chi connectivity index (χ2v) is 6.08. The Morgan fingerprint density at radius 1 is 1.33 bits per heavy atom. The molecule has 5 nitrogen and oxygen atoms in total. The van der Waals surface area contributed by atoms with Crippen molar-refractivity contribution in [2.75, 3.05) is 13.7 Å². The lowest BCUT2D eigenvalue weighted by Crippen LogP contribution is -2.19. The van der Waals surface area contributed by atoms with Crippen LogP contribution in [0.5, 0.6) is 0 Å². The second-order valence-electron chi connectivity index (χ2n) is 5.43. The van der Waals surface area contributed by atoms with Gasteiger partial charge in [-0.05, 0) is 27.2 Å². The van der Waals surface area contributed by atoms with Gasteiger partial charge < -0.3 is 9.30 Å². The summed E-state index contributed by atoms with van der Waals surface area (Å²) in [4.78, 5) is 4.76. The molecule has 0 bridgehead atoms. The summed E-state index contributed by atoms with van der Waals surface area (Å²) >= 11 is 6.38. The van der Waals surface area contributed by atoms with E-state index >= 15 is 0 Å². The van der Waals surface area contributed by atoms with E-state index in [0.29, 0.717) is 6.61 Å². The van der Waals surface area contributed by atoms with Crippen molar-refractivity contribution < 1.29 is 4.74 Å². The standard InChI is InChI=1S/C15H25ClN4O/c1-6-8-12(9-21-5)20-14(10(3)16)17-13-11(4)18-19(7-2)15(13)20/h10,12H,6-9H2,1-5H3. The van der Waals surface area contributed by atoms with E-state index in [-0.39, 0.29) is 11.4 Å². The lowest BCUT2D eigenvalue weighted by molar-refractivity contribution is 0.150. The van der Waals surface area contributed by atoms with E-state index in [9.17, 15) is 0 Å². The Kier molecular flexibility index (Phi) is 5.27. The largest absolute Gasteiger partial charge is 0.383 e. The van der Waals surface area contributed by atoms with Gasteiger partial charge in [0, 0.05) is 13.7 Å². The van der Waals surface area contributed by atoms with Crippen molar-refractivity contribution in [3.63, 3.8) is 0 Å². The maximum atomic E-state index is 6.38. The van der Waals surface area contributed by atoms with Crippen LogP contribution in [-0.4, -0.2) is 33.0 Å². The van der Waals surface area contributed by atoms with Gasteiger partial charge in [-0.1, -0.05) is 13.3 Å². The summed E-state index contributed by atoms with van der Waals surface area (Å²) in [6, 6.07) is 0.239. The summed E-state index contributed by atoms with van der Waals surface area (Å²) < 4.78 is 9.68. The van der Waals surface area contributed by atoms with Crippen LogP contribution in [0.4, 0.5) is 0 Å². The highest BCUT2D eigenvalue weighted by Gasteiger charge is 2.25. The normalized spacial score (nSPS) is 14.8. The zero-order chi connectivity index (χ0) is 15.6. The van der Waals surface area contributed by atoms with Gasteiger partial charge in [0.1, 0.15) is 11.3 Å².